The summed E-state index contributed by atoms with van der Waals surface area (Å²) >= 11 is 0. The predicted octanol–water partition coefficient (Wildman–Crippen LogP) is 11.2. The molecule has 3 atom stereocenters. The van der Waals surface area contributed by atoms with Gasteiger partial charge in [0.1, 0.15) is 19.8 Å². The van der Waals surface area contributed by atoms with Crippen molar-refractivity contribution in [2.24, 2.45) is 0 Å². The number of carbonyl (C=O) groups excluding carboxylic acids is 2. The Bertz CT molecular complexity index is 1220. The third kappa shape index (κ3) is 41.4. The number of hydrogen-bond acceptors (Lipinski definition) is 8. The zero-order valence-electron chi connectivity index (χ0n) is 36.4. The van der Waals surface area contributed by atoms with Crippen LogP contribution in [-0.4, -0.2) is 86.1 Å². The molecule has 3 unspecified atom stereocenters. The van der Waals surface area contributed by atoms with Crippen LogP contribution in [0.3, 0.4) is 0 Å². The van der Waals surface area contributed by atoms with Gasteiger partial charge in [-0.3, -0.25) is 18.6 Å². The summed E-state index contributed by atoms with van der Waals surface area (Å²) in [5.74, 6) is -0.902. The Morgan fingerprint density at radius 3 is 1.77 bits per heavy atom. The molecule has 0 aromatic heterocycles. The van der Waals surface area contributed by atoms with Crippen molar-refractivity contribution in [1.29, 1.82) is 0 Å². The van der Waals surface area contributed by atoms with Crippen molar-refractivity contribution in [3.05, 3.63) is 72.9 Å². The van der Waals surface area contributed by atoms with Gasteiger partial charge in [0.15, 0.2) is 6.10 Å². The molecular formula is C46H81NO9P+. The van der Waals surface area contributed by atoms with Crippen molar-refractivity contribution in [2.45, 2.75) is 161 Å². The molecule has 10 nitrogen and oxygen atoms in total. The lowest BCUT2D eigenvalue weighted by Gasteiger charge is -2.24. The Balaban J connectivity index is 4.52. The fraction of sp³-hybridized carbons (Fsp3) is 0.696. The summed E-state index contributed by atoms with van der Waals surface area (Å²) in [5, 5.41) is 9.48. The van der Waals surface area contributed by atoms with E-state index >= 15 is 0 Å². The van der Waals surface area contributed by atoms with Gasteiger partial charge in [-0.1, -0.05) is 138 Å². The number of rotatable bonds is 38. The van der Waals surface area contributed by atoms with Gasteiger partial charge in [0.05, 0.1) is 33.9 Å². The molecule has 0 amide bonds. The zero-order chi connectivity index (χ0) is 42.3. The van der Waals surface area contributed by atoms with Crippen LogP contribution < -0.4 is 0 Å². The number of esters is 2. The average Bonchev–Trinajstić information content (AvgIpc) is 3.16. The molecule has 0 spiro atoms. The van der Waals surface area contributed by atoms with Crippen LogP contribution >= 0.6 is 7.82 Å². The lowest BCUT2D eigenvalue weighted by atomic mass is 10.1. The van der Waals surface area contributed by atoms with Crippen LogP contribution in [0.2, 0.25) is 0 Å². The summed E-state index contributed by atoms with van der Waals surface area (Å²) in [6.45, 7) is 3.98. The van der Waals surface area contributed by atoms with Gasteiger partial charge in [-0.2, -0.15) is 0 Å². The van der Waals surface area contributed by atoms with Gasteiger partial charge in [0, 0.05) is 12.8 Å². The highest BCUT2D eigenvalue weighted by Crippen LogP contribution is 2.43. The highest BCUT2D eigenvalue weighted by atomic mass is 31.2. The van der Waals surface area contributed by atoms with Crippen LogP contribution in [-0.2, 0) is 32.7 Å². The lowest BCUT2D eigenvalue weighted by Crippen LogP contribution is -2.37. The number of ether oxygens (including phenoxy) is 2. The number of carbonyl (C=O) groups is 2. The Morgan fingerprint density at radius 2 is 1.16 bits per heavy atom. The van der Waals surface area contributed by atoms with Gasteiger partial charge in [-0.25, -0.2) is 4.57 Å². The summed E-state index contributed by atoms with van der Waals surface area (Å²) in [5.41, 5.74) is 0. The Kier molecular flexibility index (Phi) is 36.0. The van der Waals surface area contributed by atoms with E-state index in [-0.39, 0.29) is 32.2 Å². The van der Waals surface area contributed by atoms with Crippen LogP contribution in [0, 0.1) is 0 Å². The van der Waals surface area contributed by atoms with E-state index in [9.17, 15) is 24.2 Å². The van der Waals surface area contributed by atoms with Crippen LogP contribution in [0.1, 0.15) is 149 Å². The normalized spacial score (nSPS) is 14.9. The van der Waals surface area contributed by atoms with Crippen molar-refractivity contribution in [3.8, 4) is 0 Å². The molecule has 0 aliphatic carbocycles. The van der Waals surface area contributed by atoms with E-state index < -0.39 is 32.5 Å². The molecule has 0 bridgehead atoms. The standard InChI is InChI=1S/C46H80NO9P/c1-6-8-9-10-11-12-13-14-15-19-22-25-28-31-34-37-45(49)53-41-44(42-55-57(51,52)54-40-39-47(3,4)5)56-46(50)38-35-32-29-26-23-20-17-16-18-21-24-27-30-33-36-43(48)7-2/h14-15,17-18,20-21,26-27,29-30,33,36,43-44,48H,6-13,16,19,22-25,28,31-32,34-35,37-42H2,1-5H3/p+1/b15-14-,20-17-,21-18-,29-26-,30-27-,36-33+. The summed E-state index contributed by atoms with van der Waals surface area (Å²) < 4.78 is 34.2. The maximum Gasteiger partial charge on any atom is 0.472 e. The second kappa shape index (κ2) is 37.7. The Hall–Kier alpha value is -2.59. The van der Waals surface area contributed by atoms with E-state index in [4.69, 9.17) is 18.5 Å². The van der Waals surface area contributed by atoms with Crippen molar-refractivity contribution < 1.29 is 47.2 Å². The molecule has 57 heavy (non-hydrogen) atoms. The average molecular weight is 823 g/mol. The third-order valence-corrected chi connectivity index (χ3v) is 9.86. The minimum Gasteiger partial charge on any atom is -0.462 e. The van der Waals surface area contributed by atoms with Gasteiger partial charge in [-0.15, -0.1) is 0 Å². The van der Waals surface area contributed by atoms with Gasteiger partial charge >= 0.3 is 19.8 Å². The highest BCUT2D eigenvalue weighted by molar-refractivity contribution is 7.47. The van der Waals surface area contributed by atoms with Crippen LogP contribution in [0.4, 0.5) is 0 Å². The zero-order valence-corrected chi connectivity index (χ0v) is 37.3. The van der Waals surface area contributed by atoms with Crippen molar-refractivity contribution >= 4 is 19.8 Å². The maximum atomic E-state index is 12.7. The fourth-order valence-corrected chi connectivity index (χ4v) is 6.03. The molecule has 11 heteroatoms. The molecule has 0 rings (SSSR count). The van der Waals surface area contributed by atoms with E-state index in [0.29, 0.717) is 36.7 Å². The third-order valence-electron chi connectivity index (χ3n) is 8.88. The number of likely N-dealkylation sites (N-methyl/N-ethyl adjacent to an activating group) is 1. The molecule has 0 radical (unpaired) electrons. The van der Waals surface area contributed by atoms with E-state index in [2.05, 4.69) is 49.5 Å². The van der Waals surface area contributed by atoms with E-state index in [1.807, 2.05) is 52.4 Å². The van der Waals surface area contributed by atoms with Crippen LogP contribution in [0.25, 0.3) is 0 Å². The Labute approximate surface area is 347 Å². The smallest absolute Gasteiger partial charge is 0.462 e. The summed E-state index contributed by atoms with van der Waals surface area (Å²) in [6, 6.07) is 0. The van der Waals surface area contributed by atoms with E-state index in [0.717, 1.165) is 51.4 Å². The number of unbranched alkanes of at least 4 members (excludes halogenated alkanes) is 12. The number of phosphoric ester groups is 1. The minimum absolute atomic E-state index is 0.00981. The highest BCUT2D eigenvalue weighted by Gasteiger charge is 2.27. The number of quaternary nitrogens is 1. The Morgan fingerprint density at radius 1 is 0.632 bits per heavy atom. The van der Waals surface area contributed by atoms with E-state index in [1.165, 1.54) is 44.9 Å². The van der Waals surface area contributed by atoms with Crippen molar-refractivity contribution in [2.75, 3.05) is 47.5 Å². The van der Waals surface area contributed by atoms with Gasteiger partial charge in [0.25, 0.3) is 0 Å². The summed E-state index contributed by atoms with van der Waals surface area (Å²) in [6.07, 6.45) is 43.3. The second-order valence-corrected chi connectivity index (χ2v) is 17.0. The number of nitrogens with zero attached hydrogens (tertiary/aromatic N) is 1. The van der Waals surface area contributed by atoms with Gasteiger partial charge < -0.3 is 24.0 Å². The lowest BCUT2D eigenvalue weighted by molar-refractivity contribution is -0.870. The minimum atomic E-state index is -4.40. The van der Waals surface area contributed by atoms with Crippen LogP contribution in [0.5, 0.6) is 0 Å². The first-order chi connectivity index (χ1) is 27.4. The first-order valence-electron chi connectivity index (χ1n) is 21.8. The van der Waals surface area contributed by atoms with Crippen LogP contribution in [0.15, 0.2) is 72.9 Å². The summed E-state index contributed by atoms with van der Waals surface area (Å²) in [4.78, 5) is 35.3. The predicted molar refractivity (Wildman–Crippen MR) is 235 cm³/mol. The van der Waals surface area contributed by atoms with Crippen molar-refractivity contribution in [3.63, 3.8) is 0 Å². The molecule has 0 aliphatic rings. The largest absolute Gasteiger partial charge is 0.472 e. The molecular weight excluding hydrogens is 741 g/mol. The van der Waals surface area contributed by atoms with Gasteiger partial charge in [-0.05, 0) is 70.6 Å². The molecule has 0 saturated heterocycles. The number of hydrogen-bond donors (Lipinski definition) is 2. The molecule has 2 N–H and O–H groups in total. The molecule has 0 heterocycles. The molecule has 0 saturated carbocycles. The first kappa shape index (κ1) is 54.4. The maximum absolute atomic E-state index is 12.7. The number of aliphatic hydroxyl groups excluding tert-OH is 1. The molecule has 0 aromatic rings. The fourth-order valence-electron chi connectivity index (χ4n) is 5.29. The molecule has 0 fully saturated rings. The SMILES string of the molecule is CCCCCCCC/C=C\CCCCCCCC(=O)OCC(COP(=O)(O)OCC[N+](C)(C)C)OC(=O)CCC/C=C\C/C=C\C/C=C\C/C=C\C=C\C(O)CC. The second-order valence-electron chi connectivity index (χ2n) is 15.5. The van der Waals surface area contributed by atoms with Crippen molar-refractivity contribution in [1.82, 2.24) is 0 Å². The first-order valence-corrected chi connectivity index (χ1v) is 23.3. The number of phosphoric acid groups is 1. The summed E-state index contributed by atoms with van der Waals surface area (Å²) in [7, 11) is 1.40. The molecule has 328 valence electrons. The number of aliphatic hydroxyl groups is 1. The van der Waals surface area contributed by atoms with E-state index in [1.54, 1.807) is 6.08 Å². The van der Waals surface area contributed by atoms with Gasteiger partial charge in [0.2, 0.25) is 0 Å². The number of allylic oxidation sites excluding steroid dienone is 11. The molecule has 0 aromatic carbocycles. The topological polar surface area (TPSA) is 129 Å². The quantitative estimate of drug-likeness (QED) is 0.0156. The monoisotopic (exact) mass is 823 g/mol. The molecule has 0 aliphatic heterocycles.